The Morgan fingerprint density at radius 1 is 1.32 bits per heavy atom. The summed E-state index contributed by atoms with van der Waals surface area (Å²) in [6, 6.07) is 8.19. The van der Waals surface area contributed by atoms with Crippen molar-refractivity contribution in [2.24, 2.45) is 0 Å². The van der Waals surface area contributed by atoms with Crippen molar-refractivity contribution < 1.29 is 9.53 Å². The third-order valence-corrected chi connectivity index (χ3v) is 4.92. The molecule has 0 saturated carbocycles. The van der Waals surface area contributed by atoms with Crippen molar-refractivity contribution >= 4 is 11.6 Å². The zero-order valence-electron chi connectivity index (χ0n) is 14.6. The van der Waals surface area contributed by atoms with Crippen LogP contribution >= 0.6 is 0 Å². The second-order valence-electron chi connectivity index (χ2n) is 6.89. The van der Waals surface area contributed by atoms with E-state index in [-0.39, 0.29) is 12.0 Å². The van der Waals surface area contributed by atoms with Crippen LogP contribution < -0.4 is 4.90 Å². The number of rotatable bonds is 4. The van der Waals surface area contributed by atoms with E-state index in [1.165, 1.54) is 5.56 Å². The molecule has 1 amide bonds. The van der Waals surface area contributed by atoms with Gasteiger partial charge < -0.3 is 9.64 Å². The van der Waals surface area contributed by atoms with E-state index in [2.05, 4.69) is 16.1 Å². The molecule has 0 aliphatic carbocycles. The minimum absolute atomic E-state index is 0.0757. The SMILES string of the molecule is Cc1cnn(C[C@@H]2CN(CC(=O)N3CCc4ccccc43)CCO2)c1. The topological polar surface area (TPSA) is 50.6 Å². The van der Waals surface area contributed by atoms with Crippen LogP contribution in [0.15, 0.2) is 36.7 Å². The molecule has 1 saturated heterocycles. The minimum atomic E-state index is 0.0757. The number of nitrogens with zero attached hydrogens (tertiary/aromatic N) is 4. The lowest BCUT2D eigenvalue weighted by atomic mass is 10.2. The molecular weight excluding hydrogens is 316 g/mol. The van der Waals surface area contributed by atoms with Gasteiger partial charge in [0.25, 0.3) is 0 Å². The lowest BCUT2D eigenvalue weighted by Crippen LogP contribution is -2.48. The summed E-state index contributed by atoms with van der Waals surface area (Å²) in [5, 5.41) is 4.33. The molecule has 2 aliphatic heterocycles. The van der Waals surface area contributed by atoms with Crippen LogP contribution in [0.4, 0.5) is 5.69 Å². The Labute approximate surface area is 148 Å². The molecule has 0 spiro atoms. The molecule has 1 fully saturated rings. The summed E-state index contributed by atoms with van der Waals surface area (Å²) in [5.74, 6) is 0.181. The van der Waals surface area contributed by atoms with Crippen molar-refractivity contribution in [3.05, 3.63) is 47.8 Å². The lowest BCUT2D eigenvalue weighted by Gasteiger charge is -2.33. The zero-order valence-corrected chi connectivity index (χ0v) is 14.6. The van der Waals surface area contributed by atoms with Crippen LogP contribution in [0.2, 0.25) is 0 Å². The van der Waals surface area contributed by atoms with Gasteiger partial charge in [-0.15, -0.1) is 0 Å². The maximum absolute atomic E-state index is 12.8. The standard InChI is InChI=1S/C19H24N4O2/c1-15-10-20-22(11-15)13-17-12-21(8-9-25-17)14-19(24)23-7-6-16-4-2-3-5-18(16)23/h2-5,10-11,17H,6-9,12-14H2,1H3/t17-/m0/s1. The Balaban J connectivity index is 1.35. The Hall–Kier alpha value is -2.18. The van der Waals surface area contributed by atoms with Gasteiger partial charge in [0.1, 0.15) is 0 Å². The molecule has 0 unspecified atom stereocenters. The number of hydrogen-bond acceptors (Lipinski definition) is 4. The number of hydrogen-bond donors (Lipinski definition) is 0. The highest BCUT2D eigenvalue weighted by Crippen LogP contribution is 2.27. The fraction of sp³-hybridized carbons (Fsp3) is 0.474. The van der Waals surface area contributed by atoms with Crippen LogP contribution in [0.5, 0.6) is 0 Å². The largest absolute Gasteiger partial charge is 0.374 e. The van der Waals surface area contributed by atoms with E-state index in [1.807, 2.05) is 47.1 Å². The van der Waals surface area contributed by atoms with Gasteiger partial charge in [0.15, 0.2) is 0 Å². The summed E-state index contributed by atoms with van der Waals surface area (Å²) >= 11 is 0. The normalized spacial score (nSPS) is 20.7. The number of ether oxygens (including phenoxy) is 1. The smallest absolute Gasteiger partial charge is 0.241 e. The molecule has 0 radical (unpaired) electrons. The number of fused-ring (bicyclic) bond motifs is 1. The first-order chi connectivity index (χ1) is 12.2. The van der Waals surface area contributed by atoms with Gasteiger partial charge in [-0.25, -0.2) is 0 Å². The predicted molar refractivity (Wildman–Crippen MR) is 95.6 cm³/mol. The minimum Gasteiger partial charge on any atom is -0.374 e. The molecule has 1 aromatic carbocycles. The highest BCUT2D eigenvalue weighted by molar-refractivity contribution is 5.96. The number of aromatic nitrogens is 2. The second kappa shape index (κ2) is 6.98. The van der Waals surface area contributed by atoms with Crippen LogP contribution in [0, 0.1) is 6.92 Å². The molecule has 1 aromatic heterocycles. The molecule has 25 heavy (non-hydrogen) atoms. The number of amides is 1. The third kappa shape index (κ3) is 3.60. The summed E-state index contributed by atoms with van der Waals surface area (Å²) in [7, 11) is 0. The second-order valence-corrected chi connectivity index (χ2v) is 6.89. The number of carbonyl (C=O) groups excluding carboxylic acids is 1. The average Bonchev–Trinajstić information content (AvgIpc) is 3.21. The van der Waals surface area contributed by atoms with Gasteiger partial charge in [-0.05, 0) is 30.5 Å². The Bertz CT molecular complexity index is 757. The lowest BCUT2D eigenvalue weighted by molar-refractivity contribution is -0.121. The summed E-state index contributed by atoms with van der Waals surface area (Å²) in [6.07, 6.45) is 4.90. The van der Waals surface area contributed by atoms with Crippen molar-refractivity contribution in [3.63, 3.8) is 0 Å². The molecule has 6 nitrogen and oxygen atoms in total. The molecule has 4 rings (SSSR count). The predicted octanol–water partition coefficient (Wildman–Crippen LogP) is 1.48. The summed E-state index contributed by atoms with van der Waals surface area (Å²) < 4.78 is 7.78. The van der Waals surface area contributed by atoms with E-state index in [0.717, 1.165) is 43.9 Å². The molecule has 132 valence electrons. The monoisotopic (exact) mass is 340 g/mol. The first kappa shape index (κ1) is 16.3. The first-order valence-corrected chi connectivity index (χ1v) is 8.90. The molecule has 2 aromatic rings. The maximum Gasteiger partial charge on any atom is 0.241 e. The fourth-order valence-electron chi connectivity index (χ4n) is 3.68. The molecule has 3 heterocycles. The third-order valence-electron chi connectivity index (χ3n) is 4.92. The van der Waals surface area contributed by atoms with Crippen molar-refractivity contribution in [1.29, 1.82) is 0 Å². The zero-order chi connectivity index (χ0) is 17.2. The number of para-hydroxylation sites is 1. The first-order valence-electron chi connectivity index (χ1n) is 8.90. The highest BCUT2D eigenvalue weighted by atomic mass is 16.5. The number of anilines is 1. The van der Waals surface area contributed by atoms with E-state index >= 15 is 0 Å². The summed E-state index contributed by atoms with van der Waals surface area (Å²) in [4.78, 5) is 16.9. The van der Waals surface area contributed by atoms with Crippen LogP contribution in [0.1, 0.15) is 11.1 Å². The van der Waals surface area contributed by atoms with Gasteiger partial charge in [0, 0.05) is 31.5 Å². The Kier molecular flexibility index (Phi) is 4.55. The van der Waals surface area contributed by atoms with Gasteiger partial charge in [-0.2, -0.15) is 5.10 Å². The van der Waals surface area contributed by atoms with E-state index in [1.54, 1.807) is 0 Å². The van der Waals surface area contributed by atoms with E-state index in [0.29, 0.717) is 13.2 Å². The number of benzene rings is 1. The van der Waals surface area contributed by atoms with E-state index < -0.39 is 0 Å². The van der Waals surface area contributed by atoms with Crippen LogP contribution in [-0.4, -0.2) is 59.5 Å². The van der Waals surface area contributed by atoms with Crippen LogP contribution in [-0.2, 0) is 22.5 Å². The molecule has 2 aliphatic rings. The fourth-order valence-corrected chi connectivity index (χ4v) is 3.68. The van der Waals surface area contributed by atoms with E-state index in [4.69, 9.17) is 4.74 Å². The summed E-state index contributed by atoms with van der Waals surface area (Å²) in [6.45, 7) is 6.23. The number of carbonyl (C=O) groups is 1. The Morgan fingerprint density at radius 3 is 3.04 bits per heavy atom. The van der Waals surface area contributed by atoms with Gasteiger partial charge in [-0.3, -0.25) is 14.4 Å². The summed E-state index contributed by atoms with van der Waals surface area (Å²) in [5.41, 5.74) is 3.49. The van der Waals surface area contributed by atoms with Crippen molar-refractivity contribution in [2.75, 3.05) is 37.7 Å². The van der Waals surface area contributed by atoms with Crippen LogP contribution in [0.25, 0.3) is 0 Å². The van der Waals surface area contributed by atoms with Crippen molar-refractivity contribution in [3.8, 4) is 0 Å². The van der Waals surface area contributed by atoms with Gasteiger partial charge in [-0.1, -0.05) is 18.2 Å². The quantitative estimate of drug-likeness (QED) is 0.846. The molecule has 0 bridgehead atoms. The van der Waals surface area contributed by atoms with Gasteiger partial charge >= 0.3 is 0 Å². The van der Waals surface area contributed by atoms with E-state index in [9.17, 15) is 4.79 Å². The van der Waals surface area contributed by atoms with Crippen molar-refractivity contribution in [1.82, 2.24) is 14.7 Å². The molecular formula is C19H24N4O2. The van der Waals surface area contributed by atoms with Crippen molar-refractivity contribution in [2.45, 2.75) is 26.0 Å². The van der Waals surface area contributed by atoms with Gasteiger partial charge in [0.05, 0.1) is 32.0 Å². The maximum atomic E-state index is 12.8. The molecule has 1 atom stereocenters. The average molecular weight is 340 g/mol. The highest BCUT2D eigenvalue weighted by Gasteiger charge is 2.28. The Morgan fingerprint density at radius 2 is 2.20 bits per heavy atom. The number of morpholine rings is 1. The van der Waals surface area contributed by atoms with Gasteiger partial charge in [0.2, 0.25) is 5.91 Å². The number of aryl methyl sites for hydroxylation is 1. The molecule has 6 heteroatoms. The van der Waals surface area contributed by atoms with Crippen LogP contribution in [0.3, 0.4) is 0 Å². The molecule has 0 N–H and O–H groups in total.